The topological polar surface area (TPSA) is 121 Å². The third-order valence-electron chi connectivity index (χ3n) is 0. The van der Waals surface area contributed by atoms with Crippen LogP contribution in [0.25, 0.3) is 0 Å². The molecule has 6 N–H and O–H groups in total. The Kier molecular flexibility index (Phi) is 213. The van der Waals surface area contributed by atoms with E-state index in [2.05, 4.69) is 0 Å². The van der Waals surface area contributed by atoms with Gasteiger partial charge in [-0.3, -0.25) is 0 Å². The van der Waals surface area contributed by atoms with Crippen LogP contribution in [0.3, 0.4) is 0 Å². The van der Waals surface area contributed by atoms with E-state index in [1.807, 2.05) is 0 Å². The smallest absolute Gasteiger partial charge is 0.450 e. The second-order valence-corrected chi connectivity index (χ2v) is 0.283. The molecule has 0 spiro atoms. The Labute approximate surface area is 85.5 Å². The molecule has 0 aromatic heterocycles. The summed E-state index contributed by atoms with van der Waals surface area (Å²) in [6.07, 6.45) is -1.83. The monoisotopic (exact) mass is 288 g/mol. The number of carboxylic acid groups (broad SMARTS) is 2. The van der Waals surface area contributed by atoms with Crippen molar-refractivity contribution in [1.29, 1.82) is 0 Å². The van der Waals surface area contributed by atoms with Gasteiger partial charge in [0.15, 0.2) is 0 Å². The Hall–Kier alpha value is 0.852. The van der Waals surface area contributed by atoms with Crippen molar-refractivity contribution in [3.8, 4) is 0 Å². The van der Waals surface area contributed by atoms with E-state index in [1.54, 1.807) is 0 Å². The molecular formula is CH6Cu2O5Zn. The molecule has 0 aromatic carbocycles. The Morgan fingerprint density at radius 3 is 1.00 bits per heavy atom. The van der Waals surface area contributed by atoms with Gasteiger partial charge in [0.2, 0.25) is 0 Å². The fraction of sp³-hybridized carbons (Fsp3) is 0. The summed E-state index contributed by atoms with van der Waals surface area (Å²) in [5.74, 6) is 0. The standard InChI is InChI=1S/CH2O3.2Cu.2H2O.Zn/c2-1(3)4;;;;;/h(H2,2,3,4);;;2*1H2;. The van der Waals surface area contributed by atoms with Crippen molar-refractivity contribution in [1.82, 2.24) is 0 Å². The van der Waals surface area contributed by atoms with Crippen LogP contribution >= 0.6 is 0 Å². The second-order valence-electron chi connectivity index (χ2n) is 0.283. The fourth-order valence-electron chi connectivity index (χ4n) is 0. The maximum absolute atomic E-state index is 8.56. The maximum atomic E-state index is 8.56. The third kappa shape index (κ3) is 572. The normalized spacial score (nSPS) is 2.67. The Morgan fingerprint density at radius 1 is 1.00 bits per heavy atom. The summed E-state index contributed by atoms with van der Waals surface area (Å²) in [7, 11) is 0. The van der Waals surface area contributed by atoms with Crippen LogP contribution in [0.5, 0.6) is 0 Å². The molecule has 0 fully saturated rings. The first-order chi connectivity index (χ1) is 1.73. The molecular weight excluding hydrogens is 284 g/mol. The summed E-state index contributed by atoms with van der Waals surface area (Å²) in [4.78, 5) is 8.56. The van der Waals surface area contributed by atoms with Gasteiger partial charge in [-0.15, -0.1) is 0 Å². The predicted octanol–water partition coefficient (Wildman–Crippen LogP) is -1.43. The predicted molar refractivity (Wildman–Crippen MR) is 17.9 cm³/mol. The molecule has 0 saturated carbocycles. The van der Waals surface area contributed by atoms with Crippen molar-refractivity contribution in [2.75, 3.05) is 0 Å². The molecule has 0 aliphatic rings. The zero-order valence-electron chi connectivity index (χ0n) is 4.11. The molecule has 0 rings (SSSR count). The molecule has 0 bridgehead atoms. The van der Waals surface area contributed by atoms with Crippen LogP contribution in [-0.2, 0) is 53.6 Å². The molecule has 0 atom stereocenters. The number of hydrogen-bond donors (Lipinski definition) is 2. The first kappa shape index (κ1) is 52.0. The zero-order chi connectivity index (χ0) is 3.58. The summed E-state index contributed by atoms with van der Waals surface area (Å²) in [6.45, 7) is 0. The van der Waals surface area contributed by atoms with E-state index in [0.717, 1.165) is 0 Å². The van der Waals surface area contributed by atoms with Gasteiger partial charge in [0.25, 0.3) is 0 Å². The molecule has 2 radical (unpaired) electrons. The molecule has 0 unspecified atom stereocenters. The Bertz CT molecular complexity index is 37.9. The van der Waals surface area contributed by atoms with Crippen LogP contribution in [0.1, 0.15) is 0 Å². The van der Waals surface area contributed by atoms with Gasteiger partial charge in [0.05, 0.1) is 0 Å². The quantitative estimate of drug-likeness (QED) is 0.532. The fourth-order valence-corrected chi connectivity index (χ4v) is 0. The summed E-state index contributed by atoms with van der Waals surface area (Å²) in [5, 5.41) is 13.9. The van der Waals surface area contributed by atoms with Crippen molar-refractivity contribution in [2.45, 2.75) is 0 Å². The Balaban J connectivity index is -0.00000000450. The SMILES string of the molecule is O.O.O=C(O)O.[Cu].[Cu].[Zn]. The summed E-state index contributed by atoms with van der Waals surface area (Å²) >= 11 is 0. The molecule has 0 saturated heterocycles. The second kappa shape index (κ2) is 36.8. The van der Waals surface area contributed by atoms with Gasteiger partial charge in [-0.25, -0.2) is 4.79 Å². The molecule has 9 heavy (non-hydrogen) atoms. The van der Waals surface area contributed by atoms with Crippen LogP contribution in [0, 0.1) is 0 Å². The average Bonchev–Trinajstić information content (AvgIpc) is 0.811. The average molecular weight is 291 g/mol. The molecule has 8 heteroatoms. The van der Waals surface area contributed by atoms with Crippen LogP contribution in [-0.4, -0.2) is 27.3 Å². The molecule has 0 aromatic rings. The van der Waals surface area contributed by atoms with Crippen molar-refractivity contribution in [3.05, 3.63) is 0 Å². The summed E-state index contributed by atoms with van der Waals surface area (Å²) < 4.78 is 0. The summed E-state index contributed by atoms with van der Waals surface area (Å²) in [6, 6.07) is 0. The van der Waals surface area contributed by atoms with Gasteiger partial charge < -0.3 is 21.2 Å². The van der Waals surface area contributed by atoms with Crippen molar-refractivity contribution in [2.24, 2.45) is 0 Å². The van der Waals surface area contributed by atoms with Crippen LogP contribution in [0.4, 0.5) is 4.79 Å². The van der Waals surface area contributed by atoms with Crippen LogP contribution < -0.4 is 0 Å². The van der Waals surface area contributed by atoms with Gasteiger partial charge in [-0.1, -0.05) is 0 Å². The first-order valence-electron chi connectivity index (χ1n) is 0.651. The molecule has 0 amide bonds. The minimum Gasteiger partial charge on any atom is -0.450 e. The van der Waals surface area contributed by atoms with Crippen molar-refractivity contribution in [3.63, 3.8) is 0 Å². The number of rotatable bonds is 0. The van der Waals surface area contributed by atoms with Crippen molar-refractivity contribution < 1.29 is 79.6 Å². The first-order valence-corrected chi connectivity index (χ1v) is 0.651. The Morgan fingerprint density at radius 2 is 1.00 bits per heavy atom. The van der Waals surface area contributed by atoms with Gasteiger partial charge in [-0.05, 0) is 0 Å². The van der Waals surface area contributed by atoms with E-state index >= 15 is 0 Å². The largest absolute Gasteiger partial charge is 0.503 e. The van der Waals surface area contributed by atoms with Gasteiger partial charge in [0, 0.05) is 53.6 Å². The van der Waals surface area contributed by atoms with Crippen LogP contribution in [0.2, 0.25) is 0 Å². The van der Waals surface area contributed by atoms with Gasteiger partial charge in [-0.2, -0.15) is 0 Å². The maximum Gasteiger partial charge on any atom is 0.503 e. The van der Waals surface area contributed by atoms with E-state index in [9.17, 15) is 0 Å². The number of carbonyl (C=O) groups is 1. The molecule has 0 aliphatic heterocycles. The van der Waals surface area contributed by atoms with Gasteiger partial charge in [0.1, 0.15) is 0 Å². The molecule has 0 aliphatic carbocycles. The van der Waals surface area contributed by atoms with E-state index < -0.39 is 6.16 Å². The minimum absolute atomic E-state index is 0. The molecule has 5 nitrogen and oxygen atoms in total. The van der Waals surface area contributed by atoms with E-state index in [0.29, 0.717) is 0 Å². The van der Waals surface area contributed by atoms with E-state index in [4.69, 9.17) is 15.0 Å². The van der Waals surface area contributed by atoms with E-state index in [1.165, 1.54) is 0 Å². The number of hydrogen-bond acceptors (Lipinski definition) is 1. The molecule has 0 heterocycles. The van der Waals surface area contributed by atoms with Crippen LogP contribution in [0.15, 0.2) is 0 Å². The van der Waals surface area contributed by atoms with Crippen molar-refractivity contribution >= 4 is 6.16 Å². The zero-order valence-corrected chi connectivity index (χ0v) is 8.96. The molecule has 64 valence electrons. The third-order valence-corrected chi connectivity index (χ3v) is 0. The van der Waals surface area contributed by atoms with E-state index in [-0.39, 0.29) is 64.6 Å². The minimum atomic E-state index is -1.83. The summed E-state index contributed by atoms with van der Waals surface area (Å²) in [5.41, 5.74) is 0. The van der Waals surface area contributed by atoms with Gasteiger partial charge >= 0.3 is 6.16 Å².